The highest BCUT2D eigenvalue weighted by Crippen LogP contribution is 2.36. The molecule has 0 radical (unpaired) electrons. The molecule has 9 nitrogen and oxygen atoms in total. The molecular weight excluding hydrogens is 441 g/mol. The molecule has 0 spiro atoms. The number of nitrogens with one attached hydrogen (secondary N) is 1. The number of quaternary nitrogens is 1. The average Bonchev–Trinajstić information content (AvgIpc) is 3.48. The number of nitrogens with zero attached hydrogens (tertiary/aromatic N) is 4. The van der Waals surface area contributed by atoms with E-state index in [-0.39, 0.29) is 41.0 Å². The van der Waals surface area contributed by atoms with Crippen molar-refractivity contribution >= 4 is 29.3 Å². The van der Waals surface area contributed by atoms with Gasteiger partial charge in [0.1, 0.15) is 6.10 Å². The second-order valence-electron chi connectivity index (χ2n) is 9.44. The van der Waals surface area contributed by atoms with Crippen LogP contribution in [0.1, 0.15) is 39.0 Å². The summed E-state index contributed by atoms with van der Waals surface area (Å²) < 4.78 is 20.4. The van der Waals surface area contributed by atoms with Gasteiger partial charge in [-0.3, -0.25) is 14.5 Å². The topological polar surface area (TPSA) is 103 Å². The Labute approximate surface area is 198 Å². The lowest BCUT2D eigenvalue weighted by atomic mass is 9.91. The van der Waals surface area contributed by atoms with Crippen molar-refractivity contribution < 1.29 is 23.5 Å². The summed E-state index contributed by atoms with van der Waals surface area (Å²) in [6.45, 7) is 4.31. The molecule has 3 heterocycles. The van der Waals surface area contributed by atoms with E-state index in [0.717, 1.165) is 25.9 Å². The number of hydrogen-bond acceptors (Lipinski definition) is 5. The maximum absolute atomic E-state index is 15.2. The second kappa shape index (κ2) is 9.97. The Morgan fingerprint density at radius 2 is 1.97 bits per heavy atom. The van der Waals surface area contributed by atoms with Crippen molar-refractivity contribution in [2.24, 2.45) is 5.92 Å². The number of ether oxygens (including phenoxy) is 1. The summed E-state index contributed by atoms with van der Waals surface area (Å²) in [4.78, 5) is 39.1. The van der Waals surface area contributed by atoms with Crippen LogP contribution in [0.2, 0.25) is 0 Å². The first-order chi connectivity index (χ1) is 16.3. The quantitative estimate of drug-likeness (QED) is 0.506. The molecule has 1 atom stereocenters. The van der Waals surface area contributed by atoms with Crippen LogP contribution in [-0.2, 0) is 14.3 Å². The Balaban J connectivity index is 1.40. The number of piperidine rings is 1. The van der Waals surface area contributed by atoms with E-state index in [1.54, 1.807) is 12.1 Å². The molecule has 3 fully saturated rings. The number of halogens is 1. The molecule has 0 unspecified atom stereocenters. The fraction of sp³-hybridized carbons (Fsp3) is 0.583. The van der Waals surface area contributed by atoms with Gasteiger partial charge in [0.05, 0.1) is 31.9 Å². The molecule has 0 aromatic heterocycles. The Morgan fingerprint density at radius 1 is 1.26 bits per heavy atom. The zero-order chi connectivity index (χ0) is 24.3. The molecule has 0 saturated carbocycles. The SMILES string of the molecule is CC(=O)NC[C@H]1CN(c2ccc([N+]3(C#N)CCC(CC(=O)N4CCCC4)CC3)c(F)c2)C(=O)O1. The molecular formula is C24H31FN5O4+. The third-order valence-corrected chi connectivity index (χ3v) is 7.11. The molecule has 182 valence electrons. The minimum atomic E-state index is -0.602. The molecule has 10 heteroatoms. The minimum absolute atomic E-state index is 0.143. The van der Waals surface area contributed by atoms with Crippen molar-refractivity contribution in [2.75, 3.05) is 44.2 Å². The van der Waals surface area contributed by atoms with Gasteiger partial charge in [0.25, 0.3) is 0 Å². The fourth-order valence-electron chi connectivity index (χ4n) is 5.11. The van der Waals surface area contributed by atoms with Gasteiger partial charge in [-0.2, -0.15) is 4.48 Å². The lowest BCUT2D eigenvalue weighted by molar-refractivity contribution is -0.131. The van der Waals surface area contributed by atoms with E-state index in [9.17, 15) is 19.6 Å². The van der Waals surface area contributed by atoms with Crippen LogP contribution in [0, 0.1) is 23.2 Å². The van der Waals surface area contributed by atoms with E-state index in [1.165, 1.54) is 17.9 Å². The van der Waals surface area contributed by atoms with Gasteiger partial charge in [0.2, 0.25) is 11.8 Å². The first-order valence-electron chi connectivity index (χ1n) is 11.9. The van der Waals surface area contributed by atoms with Crippen LogP contribution in [-0.4, -0.2) is 68.2 Å². The molecule has 3 aliphatic rings. The molecule has 3 aliphatic heterocycles. The minimum Gasteiger partial charge on any atom is -0.442 e. The van der Waals surface area contributed by atoms with Crippen molar-refractivity contribution in [3.8, 4) is 6.19 Å². The standard InChI is InChI=1S/C24H30FN5O4/c1-17(31)27-14-20-15-29(24(33)34-20)19-4-5-22(21(25)13-19)30(16-26)10-6-18(7-11-30)12-23(32)28-8-2-3-9-28/h4-5,13,18,20H,2-3,6-12,14-15H2,1H3/p+1/t18?,20-,30?/m0/s1. The molecule has 3 saturated heterocycles. The van der Waals surface area contributed by atoms with Crippen LogP contribution < -0.4 is 14.7 Å². The molecule has 1 aromatic rings. The first-order valence-corrected chi connectivity index (χ1v) is 11.9. The van der Waals surface area contributed by atoms with Crippen molar-refractivity contribution in [3.05, 3.63) is 24.0 Å². The molecule has 4 rings (SSSR count). The van der Waals surface area contributed by atoms with Crippen LogP contribution >= 0.6 is 0 Å². The zero-order valence-electron chi connectivity index (χ0n) is 19.5. The Bertz CT molecular complexity index is 996. The number of likely N-dealkylation sites (tertiary alicyclic amines) is 2. The molecule has 0 bridgehead atoms. The van der Waals surface area contributed by atoms with Gasteiger partial charge < -0.3 is 15.0 Å². The number of rotatable bonds is 6. The molecule has 0 aliphatic carbocycles. The molecule has 1 N–H and O–H groups in total. The Hall–Kier alpha value is -3.19. The largest absolute Gasteiger partial charge is 0.442 e. The Kier molecular flexibility index (Phi) is 7.03. The van der Waals surface area contributed by atoms with Gasteiger partial charge in [0.15, 0.2) is 11.5 Å². The van der Waals surface area contributed by atoms with Crippen molar-refractivity contribution in [1.82, 2.24) is 14.7 Å². The smallest absolute Gasteiger partial charge is 0.414 e. The van der Waals surface area contributed by atoms with Crippen LogP contribution in [0.3, 0.4) is 0 Å². The number of nitriles is 1. The third kappa shape index (κ3) is 4.99. The maximum atomic E-state index is 15.2. The fourth-order valence-corrected chi connectivity index (χ4v) is 5.11. The highest BCUT2D eigenvalue weighted by molar-refractivity contribution is 5.90. The summed E-state index contributed by atoms with van der Waals surface area (Å²) in [5, 5.41) is 12.6. The van der Waals surface area contributed by atoms with E-state index < -0.39 is 18.0 Å². The lowest BCUT2D eigenvalue weighted by Gasteiger charge is -2.36. The van der Waals surface area contributed by atoms with E-state index in [2.05, 4.69) is 11.5 Å². The van der Waals surface area contributed by atoms with Crippen LogP contribution in [0.5, 0.6) is 0 Å². The molecule has 34 heavy (non-hydrogen) atoms. The van der Waals surface area contributed by atoms with Gasteiger partial charge in [-0.15, -0.1) is 5.26 Å². The monoisotopic (exact) mass is 472 g/mol. The van der Waals surface area contributed by atoms with E-state index in [4.69, 9.17) is 4.74 Å². The summed E-state index contributed by atoms with van der Waals surface area (Å²) >= 11 is 0. The van der Waals surface area contributed by atoms with Gasteiger partial charge >= 0.3 is 12.3 Å². The van der Waals surface area contributed by atoms with Crippen molar-refractivity contribution in [2.45, 2.75) is 45.1 Å². The van der Waals surface area contributed by atoms with Crippen molar-refractivity contribution in [3.63, 3.8) is 0 Å². The summed E-state index contributed by atoms with van der Waals surface area (Å²) in [7, 11) is 0. The number of amides is 3. The summed E-state index contributed by atoms with van der Waals surface area (Å²) in [5.74, 6) is -0.386. The van der Waals surface area contributed by atoms with E-state index >= 15 is 4.39 Å². The highest BCUT2D eigenvalue weighted by Gasteiger charge is 2.41. The predicted molar refractivity (Wildman–Crippen MR) is 123 cm³/mol. The predicted octanol–water partition coefficient (Wildman–Crippen LogP) is 2.50. The number of anilines is 1. The van der Waals surface area contributed by atoms with Crippen molar-refractivity contribution in [1.29, 1.82) is 5.26 Å². The van der Waals surface area contributed by atoms with Crippen LogP contribution in [0.15, 0.2) is 18.2 Å². The molecule has 1 aromatic carbocycles. The van der Waals surface area contributed by atoms with Crippen LogP contribution in [0.4, 0.5) is 20.6 Å². The van der Waals surface area contributed by atoms with Gasteiger partial charge in [-0.25, -0.2) is 9.18 Å². The number of cyclic esters (lactones) is 1. The van der Waals surface area contributed by atoms with Crippen LogP contribution in [0.25, 0.3) is 0 Å². The second-order valence-corrected chi connectivity index (χ2v) is 9.44. The average molecular weight is 473 g/mol. The summed E-state index contributed by atoms with van der Waals surface area (Å²) in [6.07, 6.45) is 5.14. The van der Waals surface area contributed by atoms with Gasteiger partial charge in [-0.05, 0) is 24.8 Å². The zero-order valence-corrected chi connectivity index (χ0v) is 19.5. The maximum Gasteiger partial charge on any atom is 0.414 e. The number of hydrogen-bond donors (Lipinski definition) is 1. The number of carbonyl (C=O) groups excluding carboxylic acids is 3. The van der Waals surface area contributed by atoms with Gasteiger partial charge in [-0.1, -0.05) is 0 Å². The van der Waals surface area contributed by atoms with E-state index in [0.29, 0.717) is 38.0 Å². The van der Waals surface area contributed by atoms with E-state index in [1.807, 2.05) is 4.90 Å². The number of carbonyl (C=O) groups is 3. The summed E-state index contributed by atoms with van der Waals surface area (Å²) in [6, 6.07) is 4.45. The van der Waals surface area contributed by atoms with Gasteiger partial charge in [0, 0.05) is 51.4 Å². The lowest BCUT2D eigenvalue weighted by Crippen LogP contribution is -2.51. The molecule has 3 amide bonds. The third-order valence-electron chi connectivity index (χ3n) is 7.11. The normalized spacial score (nSPS) is 26.8. The first kappa shape index (κ1) is 24.0. The Morgan fingerprint density at radius 3 is 2.59 bits per heavy atom. The number of benzene rings is 1. The summed E-state index contributed by atoms with van der Waals surface area (Å²) in [5.41, 5.74) is 0.622. The highest BCUT2D eigenvalue weighted by atomic mass is 19.1.